The topological polar surface area (TPSA) is 115 Å². The van der Waals surface area contributed by atoms with E-state index in [1.807, 2.05) is 0 Å². The number of carbonyl (C=O) groups is 1. The maximum atomic E-state index is 11.9. The number of pyridine rings is 1. The van der Waals surface area contributed by atoms with Crippen LogP contribution in [-0.4, -0.2) is 17.3 Å². The van der Waals surface area contributed by atoms with Crippen LogP contribution < -0.4 is 16.2 Å². The number of carbonyl (C=O) groups excluding carboxylic acids is 1. The van der Waals surface area contributed by atoms with Gasteiger partial charge >= 0.3 is 6.36 Å². The molecule has 0 aliphatic heterocycles. The summed E-state index contributed by atoms with van der Waals surface area (Å²) in [7, 11) is 0. The van der Waals surface area contributed by atoms with Crippen molar-refractivity contribution in [3.63, 3.8) is 0 Å². The van der Waals surface area contributed by atoms with Gasteiger partial charge in [0.2, 0.25) is 5.88 Å². The molecule has 0 atom stereocenters. The Hall–Kier alpha value is -2.50. The maximum absolute atomic E-state index is 11.9. The second-order valence-electron chi connectivity index (χ2n) is 2.80. The number of ether oxygens (including phenoxy) is 1. The maximum Gasteiger partial charge on any atom is 0.574 e. The van der Waals surface area contributed by atoms with Gasteiger partial charge in [-0.1, -0.05) is 0 Å². The van der Waals surface area contributed by atoms with E-state index in [0.29, 0.717) is 6.07 Å². The van der Waals surface area contributed by atoms with Gasteiger partial charge in [0.25, 0.3) is 5.91 Å². The van der Waals surface area contributed by atoms with E-state index in [-0.39, 0.29) is 5.69 Å². The van der Waals surface area contributed by atoms with Crippen molar-refractivity contribution >= 4 is 11.6 Å². The Balaban J connectivity index is 3.31. The summed E-state index contributed by atoms with van der Waals surface area (Å²) in [5.41, 5.74) is 8.67. The molecule has 0 spiro atoms. The van der Waals surface area contributed by atoms with Crippen molar-refractivity contribution in [2.24, 2.45) is 5.73 Å². The summed E-state index contributed by atoms with van der Waals surface area (Å²) in [6.07, 6.45) is -4.98. The van der Waals surface area contributed by atoms with Crippen molar-refractivity contribution in [3.8, 4) is 11.9 Å². The van der Waals surface area contributed by atoms with Gasteiger partial charge in [-0.3, -0.25) is 4.79 Å². The molecule has 6 nitrogen and oxygen atoms in total. The zero-order valence-electron chi connectivity index (χ0n) is 8.08. The van der Waals surface area contributed by atoms with Gasteiger partial charge in [0, 0.05) is 6.07 Å². The molecule has 1 aromatic heterocycles. The molecule has 17 heavy (non-hydrogen) atoms. The number of rotatable bonds is 2. The Labute approximate surface area is 92.6 Å². The van der Waals surface area contributed by atoms with Crippen LogP contribution in [0.1, 0.15) is 16.1 Å². The Morgan fingerprint density at radius 3 is 2.53 bits per heavy atom. The van der Waals surface area contributed by atoms with Crippen molar-refractivity contribution in [2.45, 2.75) is 6.36 Å². The summed E-state index contributed by atoms with van der Waals surface area (Å²) in [6, 6.07) is 2.19. The van der Waals surface area contributed by atoms with Crippen LogP contribution in [0.3, 0.4) is 0 Å². The van der Waals surface area contributed by atoms with E-state index in [9.17, 15) is 18.0 Å². The molecule has 1 amide bonds. The number of hydrogen-bond acceptors (Lipinski definition) is 5. The standard InChI is InChI=1S/C8H5F3N4O2/c9-8(10,11)17-5-1-4(13)3(2-12)6(15-5)7(14)16/h1H,(H2,13,15)(H2,14,16). The van der Waals surface area contributed by atoms with Crippen LogP contribution in [0.5, 0.6) is 5.88 Å². The molecule has 0 bridgehead atoms. The first-order valence-electron chi connectivity index (χ1n) is 4.00. The molecular formula is C8H5F3N4O2. The average molecular weight is 246 g/mol. The predicted octanol–water partition coefficient (Wildman–Crippen LogP) is 0.533. The third-order valence-electron chi connectivity index (χ3n) is 1.59. The molecule has 0 aromatic carbocycles. The first-order chi connectivity index (χ1) is 7.74. The summed E-state index contributed by atoms with van der Waals surface area (Å²) in [4.78, 5) is 14.0. The van der Waals surface area contributed by atoms with E-state index in [4.69, 9.17) is 16.7 Å². The van der Waals surface area contributed by atoms with Gasteiger partial charge in [0.05, 0.1) is 5.69 Å². The lowest BCUT2D eigenvalue weighted by molar-refractivity contribution is -0.276. The zero-order chi connectivity index (χ0) is 13.2. The van der Waals surface area contributed by atoms with Crippen molar-refractivity contribution < 1.29 is 22.7 Å². The molecule has 0 fully saturated rings. The van der Waals surface area contributed by atoms with Gasteiger partial charge in [-0.2, -0.15) is 5.26 Å². The Bertz CT molecular complexity index is 507. The number of amides is 1. The minimum absolute atomic E-state index is 0.379. The van der Waals surface area contributed by atoms with Crippen LogP contribution >= 0.6 is 0 Å². The Morgan fingerprint density at radius 1 is 1.53 bits per heavy atom. The predicted molar refractivity (Wildman–Crippen MR) is 48.6 cm³/mol. The van der Waals surface area contributed by atoms with Crippen molar-refractivity contribution in [1.29, 1.82) is 5.26 Å². The number of primary amides is 1. The van der Waals surface area contributed by atoms with E-state index in [0.717, 1.165) is 0 Å². The van der Waals surface area contributed by atoms with Gasteiger partial charge < -0.3 is 16.2 Å². The number of nitrogens with two attached hydrogens (primary N) is 2. The Kier molecular flexibility index (Phi) is 3.08. The van der Waals surface area contributed by atoms with Crippen LogP contribution in [0.2, 0.25) is 0 Å². The lowest BCUT2D eigenvalue weighted by Crippen LogP contribution is -2.21. The fraction of sp³-hybridized carbons (Fsp3) is 0.125. The SMILES string of the molecule is N#Cc1c(N)cc(OC(F)(F)F)nc1C(N)=O. The fourth-order valence-electron chi connectivity index (χ4n) is 1.01. The number of nitrogen functional groups attached to an aromatic ring is 1. The molecule has 4 N–H and O–H groups in total. The van der Waals surface area contributed by atoms with Gasteiger partial charge in [-0.05, 0) is 0 Å². The highest BCUT2D eigenvalue weighted by atomic mass is 19.4. The highest BCUT2D eigenvalue weighted by molar-refractivity contribution is 5.95. The number of anilines is 1. The highest BCUT2D eigenvalue weighted by Gasteiger charge is 2.32. The average Bonchev–Trinajstić information content (AvgIpc) is 2.13. The van der Waals surface area contributed by atoms with Gasteiger partial charge in [-0.15, -0.1) is 13.2 Å². The quantitative estimate of drug-likeness (QED) is 0.789. The summed E-state index contributed by atoms with van der Waals surface area (Å²) < 4.78 is 39.2. The largest absolute Gasteiger partial charge is 0.574 e. The molecule has 0 aliphatic carbocycles. The molecule has 9 heteroatoms. The molecule has 0 radical (unpaired) electrons. The van der Waals surface area contributed by atoms with Crippen LogP contribution in [0, 0.1) is 11.3 Å². The smallest absolute Gasteiger partial charge is 0.397 e. The first kappa shape index (κ1) is 12.6. The zero-order valence-corrected chi connectivity index (χ0v) is 8.08. The molecule has 90 valence electrons. The van der Waals surface area contributed by atoms with E-state index < -0.39 is 29.4 Å². The van der Waals surface area contributed by atoms with Crippen LogP contribution in [-0.2, 0) is 0 Å². The number of aromatic nitrogens is 1. The molecule has 1 rings (SSSR count). The normalized spacial score (nSPS) is 10.7. The van der Waals surface area contributed by atoms with E-state index in [1.54, 1.807) is 0 Å². The first-order valence-corrected chi connectivity index (χ1v) is 4.00. The lowest BCUT2D eigenvalue weighted by Gasteiger charge is -2.10. The number of nitrogens with zero attached hydrogens (tertiary/aromatic N) is 2. The molecular weight excluding hydrogens is 241 g/mol. The third kappa shape index (κ3) is 2.97. The molecule has 0 saturated carbocycles. The number of hydrogen-bond donors (Lipinski definition) is 2. The van der Waals surface area contributed by atoms with E-state index >= 15 is 0 Å². The van der Waals surface area contributed by atoms with Crippen LogP contribution in [0.4, 0.5) is 18.9 Å². The molecule has 1 heterocycles. The van der Waals surface area contributed by atoms with Crippen LogP contribution in [0.25, 0.3) is 0 Å². The van der Waals surface area contributed by atoms with Gasteiger partial charge in [-0.25, -0.2) is 4.98 Å². The number of halogens is 3. The second-order valence-corrected chi connectivity index (χ2v) is 2.80. The van der Waals surface area contributed by atoms with Crippen molar-refractivity contribution in [1.82, 2.24) is 4.98 Å². The number of nitriles is 1. The molecule has 1 aromatic rings. The summed E-state index contributed by atoms with van der Waals surface area (Å²) in [5, 5.41) is 8.63. The lowest BCUT2D eigenvalue weighted by atomic mass is 10.1. The summed E-state index contributed by atoms with van der Waals surface area (Å²) in [6.45, 7) is 0. The van der Waals surface area contributed by atoms with Crippen molar-refractivity contribution in [3.05, 3.63) is 17.3 Å². The van der Waals surface area contributed by atoms with E-state index in [1.165, 1.54) is 6.07 Å². The number of alkyl halides is 3. The van der Waals surface area contributed by atoms with Crippen molar-refractivity contribution in [2.75, 3.05) is 5.73 Å². The highest BCUT2D eigenvalue weighted by Crippen LogP contribution is 2.25. The van der Waals surface area contributed by atoms with Gasteiger partial charge in [0.15, 0.2) is 5.69 Å². The summed E-state index contributed by atoms with van der Waals surface area (Å²) in [5.74, 6) is -2.14. The summed E-state index contributed by atoms with van der Waals surface area (Å²) >= 11 is 0. The Morgan fingerprint density at radius 2 is 2.12 bits per heavy atom. The monoisotopic (exact) mass is 246 g/mol. The minimum atomic E-state index is -4.98. The fourth-order valence-corrected chi connectivity index (χ4v) is 1.01. The minimum Gasteiger partial charge on any atom is -0.397 e. The molecule has 0 unspecified atom stereocenters. The molecule has 0 saturated heterocycles. The van der Waals surface area contributed by atoms with Gasteiger partial charge in [0.1, 0.15) is 11.6 Å². The third-order valence-corrected chi connectivity index (χ3v) is 1.59. The second kappa shape index (κ2) is 4.17. The van der Waals surface area contributed by atoms with Crippen LogP contribution in [0.15, 0.2) is 6.07 Å². The molecule has 0 aliphatic rings. The van der Waals surface area contributed by atoms with E-state index in [2.05, 4.69) is 9.72 Å².